The summed E-state index contributed by atoms with van der Waals surface area (Å²) in [6.45, 7) is 2.80. The molecule has 0 aliphatic carbocycles. The van der Waals surface area contributed by atoms with Crippen LogP contribution in [0.15, 0.2) is 46.5 Å². The minimum Gasteiger partial charge on any atom is -0.443 e. The Labute approximate surface area is 227 Å². The molecule has 0 atom stereocenters. The Morgan fingerprint density at radius 1 is 1.13 bits per heavy atom. The highest BCUT2D eigenvalue weighted by molar-refractivity contribution is 7.89. The van der Waals surface area contributed by atoms with Crippen molar-refractivity contribution in [3.8, 4) is 0 Å². The zero-order chi connectivity index (χ0) is 27.9. The van der Waals surface area contributed by atoms with E-state index in [0.717, 1.165) is 29.3 Å². The first-order chi connectivity index (χ1) is 18.5. The second-order valence-corrected chi connectivity index (χ2v) is 11.1. The summed E-state index contributed by atoms with van der Waals surface area (Å²) in [5.41, 5.74) is 2.63. The highest BCUT2D eigenvalue weighted by atomic mass is 35.5. The largest absolute Gasteiger partial charge is 0.443 e. The number of pyridine rings is 1. The molecular formula is C23H22ClFN8O5S. The van der Waals surface area contributed by atoms with Crippen molar-refractivity contribution in [3.63, 3.8) is 0 Å². The molecule has 0 fully saturated rings. The normalized spacial score (nSPS) is 15.2. The number of nitrogens with zero attached hydrogens (tertiary/aromatic N) is 7. The van der Waals surface area contributed by atoms with Gasteiger partial charge < -0.3 is 14.5 Å². The average molecular weight is 577 g/mol. The SMILES string of the molecule is Cc1nnn(Cc2cc(Cl)cnc2COC(=O)N2CC3=C(C2)CN(C(=O)c2ccc(S(N)(=O)=O)cc2F)C3)n1. The number of sulfonamides is 1. The van der Waals surface area contributed by atoms with Gasteiger partial charge in [-0.15, -0.1) is 10.2 Å². The molecule has 39 heavy (non-hydrogen) atoms. The number of benzene rings is 1. The van der Waals surface area contributed by atoms with Crippen molar-refractivity contribution < 1.29 is 27.1 Å². The van der Waals surface area contributed by atoms with E-state index in [4.69, 9.17) is 21.5 Å². The maximum atomic E-state index is 14.5. The van der Waals surface area contributed by atoms with Gasteiger partial charge in [0.15, 0.2) is 5.82 Å². The predicted molar refractivity (Wildman–Crippen MR) is 133 cm³/mol. The number of hydrogen-bond acceptors (Lipinski definition) is 9. The van der Waals surface area contributed by atoms with Gasteiger partial charge in [-0.25, -0.2) is 22.7 Å². The molecule has 0 spiro atoms. The number of carbonyl (C=O) groups excluding carboxylic acids is 2. The van der Waals surface area contributed by atoms with Crippen LogP contribution < -0.4 is 5.14 Å². The summed E-state index contributed by atoms with van der Waals surface area (Å²) in [6, 6.07) is 4.61. The number of nitrogens with two attached hydrogens (primary N) is 1. The molecule has 204 valence electrons. The second kappa shape index (κ2) is 10.3. The molecule has 2 aliphatic rings. The van der Waals surface area contributed by atoms with Crippen LogP contribution in [0.25, 0.3) is 0 Å². The van der Waals surface area contributed by atoms with Gasteiger partial charge in [0, 0.05) is 37.9 Å². The summed E-state index contributed by atoms with van der Waals surface area (Å²) in [5, 5.41) is 17.3. The molecule has 0 radical (unpaired) electrons. The van der Waals surface area contributed by atoms with Crippen LogP contribution in [0.3, 0.4) is 0 Å². The van der Waals surface area contributed by atoms with Crippen molar-refractivity contribution >= 4 is 33.6 Å². The first-order valence-electron chi connectivity index (χ1n) is 11.6. The van der Waals surface area contributed by atoms with Crippen LogP contribution in [0.2, 0.25) is 5.02 Å². The first kappa shape index (κ1) is 26.6. The minimum absolute atomic E-state index is 0.0986. The van der Waals surface area contributed by atoms with E-state index in [2.05, 4.69) is 20.4 Å². The highest BCUT2D eigenvalue weighted by Gasteiger charge is 2.35. The fourth-order valence-electron chi connectivity index (χ4n) is 4.41. The van der Waals surface area contributed by atoms with Crippen molar-refractivity contribution in [1.82, 2.24) is 35.0 Å². The number of tetrazole rings is 1. The quantitative estimate of drug-likeness (QED) is 0.425. The molecule has 0 bridgehead atoms. The molecular weight excluding hydrogens is 555 g/mol. The summed E-state index contributed by atoms with van der Waals surface area (Å²) >= 11 is 6.09. The van der Waals surface area contributed by atoms with Crippen molar-refractivity contribution in [1.29, 1.82) is 0 Å². The van der Waals surface area contributed by atoms with Gasteiger partial charge in [0.05, 0.1) is 27.7 Å². The Balaban J connectivity index is 1.17. The average Bonchev–Trinajstić information content (AvgIpc) is 3.57. The zero-order valence-corrected chi connectivity index (χ0v) is 22.1. The number of hydrogen-bond donors (Lipinski definition) is 1. The fraction of sp³-hybridized carbons (Fsp3) is 0.304. The predicted octanol–water partition coefficient (Wildman–Crippen LogP) is 1.27. The van der Waals surface area contributed by atoms with E-state index < -0.39 is 32.7 Å². The number of halogens is 2. The summed E-state index contributed by atoms with van der Waals surface area (Å²) in [6.07, 6.45) is 0.904. The van der Waals surface area contributed by atoms with Gasteiger partial charge in [-0.2, -0.15) is 4.80 Å². The van der Waals surface area contributed by atoms with Gasteiger partial charge in [0.1, 0.15) is 12.4 Å². The fourth-order valence-corrected chi connectivity index (χ4v) is 5.12. The third-order valence-corrected chi connectivity index (χ3v) is 7.41. The lowest BCUT2D eigenvalue weighted by molar-refractivity contribution is 0.0781. The van der Waals surface area contributed by atoms with Crippen LogP contribution in [-0.2, 0) is 27.9 Å². The van der Waals surface area contributed by atoms with Crippen LogP contribution in [-0.4, -0.2) is 81.6 Å². The Bertz CT molecular complexity index is 1610. The Hall–Kier alpha value is -3.95. The Morgan fingerprint density at radius 3 is 2.44 bits per heavy atom. The molecule has 13 nitrogen and oxygen atoms in total. The number of aromatic nitrogens is 5. The standard InChI is InChI=1S/C23H22ClFN8O5S/c1-13-28-30-33(29-13)11-14-4-17(24)6-27-21(14)12-38-23(35)32-9-15-7-31(8-16(15)10-32)22(34)19-3-2-18(5-20(19)25)39(26,36)37/h2-6H,7-12H2,1H3,(H2,26,36,37). The Morgan fingerprint density at radius 2 is 1.82 bits per heavy atom. The lowest BCUT2D eigenvalue weighted by Crippen LogP contribution is -2.37. The zero-order valence-electron chi connectivity index (χ0n) is 20.5. The summed E-state index contributed by atoms with van der Waals surface area (Å²) in [7, 11) is -4.10. The molecule has 0 saturated carbocycles. The maximum absolute atomic E-state index is 14.5. The van der Waals surface area contributed by atoms with Crippen LogP contribution in [0, 0.1) is 12.7 Å². The van der Waals surface area contributed by atoms with Crippen LogP contribution in [0.5, 0.6) is 0 Å². The first-order valence-corrected chi connectivity index (χ1v) is 13.5. The van der Waals surface area contributed by atoms with Crippen molar-refractivity contribution in [2.45, 2.75) is 25.0 Å². The molecule has 4 heterocycles. The number of ether oxygens (including phenoxy) is 1. The number of primary sulfonamides is 1. The van der Waals surface area contributed by atoms with Crippen molar-refractivity contribution in [3.05, 3.63) is 75.1 Å². The van der Waals surface area contributed by atoms with Gasteiger partial charge in [0.2, 0.25) is 10.0 Å². The van der Waals surface area contributed by atoms with Crippen molar-refractivity contribution in [2.24, 2.45) is 5.14 Å². The van der Waals surface area contributed by atoms with Crippen LogP contribution in [0.4, 0.5) is 9.18 Å². The topological polar surface area (TPSA) is 166 Å². The number of carbonyl (C=O) groups is 2. The lowest BCUT2D eigenvalue weighted by atomic mass is 10.2. The van der Waals surface area contributed by atoms with E-state index in [1.54, 1.807) is 13.0 Å². The van der Waals surface area contributed by atoms with E-state index in [1.807, 2.05) is 0 Å². The van der Waals surface area contributed by atoms with Gasteiger partial charge in [-0.1, -0.05) is 11.6 Å². The third kappa shape index (κ3) is 5.74. The van der Waals surface area contributed by atoms with Gasteiger partial charge in [-0.05, 0) is 47.5 Å². The summed E-state index contributed by atoms with van der Waals surface area (Å²) < 4.78 is 42.8. The van der Waals surface area contributed by atoms with E-state index in [0.29, 0.717) is 22.1 Å². The second-order valence-electron chi connectivity index (χ2n) is 9.09. The van der Waals surface area contributed by atoms with Crippen LogP contribution in [0.1, 0.15) is 27.4 Å². The van der Waals surface area contributed by atoms with E-state index in [1.165, 1.54) is 20.8 Å². The minimum atomic E-state index is -4.10. The molecule has 2 aliphatic heterocycles. The number of amides is 2. The molecule has 1 aromatic carbocycles. The monoisotopic (exact) mass is 576 g/mol. The molecule has 2 aromatic heterocycles. The lowest BCUT2D eigenvalue weighted by Gasteiger charge is -2.23. The molecule has 2 N–H and O–H groups in total. The molecule has 0 unspecified atom stereocenters. The smallest absolute Gasteiger partial charge is 0.410 e. The van der Waals surface area contributed by atoms with Gasteiger partial charge in [-0.3, -0.25) is 9.78 Å². The molecule has 16 heteroatoms. The molecule has 5 rings (SSSR count). The number of aryl methyl sites for hydroxylation is 1. The third-order valence-electron chi connectivity index (χ3n) is 6.30. The van der Waals surface area contributed by atoms with Crippen LogP contribution >= 0.6 is 11.6 Å². The molecule has 2 amide bonds. The molecule has 0 saturated heterocycles. The number of rotatable bonds is 6. The van der Waals surface area contributed by atoms with E-state index >= 15 is 0 Å². The maximum Gasteiger partial charge on any atom is 0.410 e. The van der Waals surface area contributed by atoms with E-state index in [9.17, 15) is 22.4 Å². The summed E-state index contributed by atoms with van der Waals surface area (Å²) in [5.74, 6) is -1.05. The highest BCUT2D eigenvalue weighted by Crippen LogP contribution is 2.28. The van der Waals surface area contributed by atoms with Gasteiger partial charge in [0.25, 0.3) is 5.91 Å². The summed E-state index contributed by atoms with van der Waals surface area (Å²) in [4.78, 5) is 33.8. The molecule has 3 aromatic rings. The van der Waals surface area contributed by atoms with Crippen molar-refractivity contribution in [2.75, 3.05) is 26.2 Å². The van der Waals surface area contributed by atoms with Gasteiger partial charge >= 0.3 is 6.09 Å². The Kier molecular flexibility index (Phi) is 7.05. The van der Waals surface area contributed by atoms with E-state index in [-0.39, 0.29) is 44.9 Å².